The molecule has 1 unspecified atom stereocenters. The van der Waals surface area contributed by atoms with Gasteiger partial charge in [-0.3, -0.25) is 4.79 Å². The molecule has 0 saturated carbocycles. The Hall–Kier alpha value is -0.620. The fourth-order valence-electron chi connectivity index (χ4n) is 1.60. The predicted molar refractivity (Wildman–Crippen MR) is 78.6 cm³/mol. The molecule has 0 saturated heterocycles. The molecule has 0 aromatic heterocycles. The lowest BCUT2D eigenvalue weighted by Gasteiger charge is -2.17. The van der Waals surface area contributed by atoms with Crippen molar-refractivity contribution in [3.8, 4) is 0 Å². The first-order chi connectivity index (χ1) is 8.51. The molecule has 3 N–H and O–H groups in total. The molecule has 5 nitrogen and oxygen atoms in total. The Kier molecular flexibility index (Phi) is 7.59. The van der Waals surface area contributed by atoms with Crippen LogP contribution in [0.2, 0.25) is 0 Å². The molecule has 0 aromatic carbocycles. The molecule has 0 heterocycles. The minimum absolute atomic E-state index is 0.0500. The summed E-state index contributed by atoms with van der Waals surface area (Å²) in [5.41, 5.74) is 5.95. The number of nitrogens with two attached hydrogens (primary N) is 1. The van der Waals surface area contributed by atoms with E-state index in [-0.39, 0.29) is 18.1 Å². The second kappa shape index (κ2) is 7.85. The predicted octanol–water partition coefficient (Wildman–Crippen LogP) is 1.08. The highest BCUT2D eigenvalue weighted by Crippen LogP contribution is 2.21. The monoisotopic (exact) mass is 292 g/mol. The summed E-state index contributed by atoms with van der Waals surface area (Å²) in [5, 5.41) is 2.75. The third-order valence-electron chi connectivity index (χ3n) is 2.79. The maximum atomic E-state index is 11.6. The zero-order valence-electron chi connectivity index (χ0n) is 12.5. The van der Waals surface area contributed by atoms with Gasteiger partial charge in [0.25, 0.3) is 0 Å². The number of carbonyl (C=O) groups excluding carboxylic acids is 1. The molecule has 0 aliphatic rings. The lowest BCUT2D eigenvalue weighted by atomic mass is 9.90. The zero-order valence-corrected chi connectivity index (χ0v) is 13.3. The molecule has 114 valence electrons. The van der Waals surface area contributed by atoms with Gasteiger partial charge in [0.05, 0.1) is 11.8 Å². The molecule has 0 fully saturated rings. The molecule has 0 aliphatic carbocycles. The van der Waals surface area contributed by atoms with Crippen molar-refractivity contribution in [3.63, 3.8) is 0 Å². The van der Waals surface area contributed by atoms with E-state index >= 15 is 0 Å². The smallest absolute Gasteiger partial charge is 0.236 e. The third-order valence-corrected chi connectivity index (χ3v) is 3.77. The summed E-state index contributed by atoms with van der Waals surface area (Å²) in [4.78, 5) is 11.6. The number of nitrogens with one attached hydrogen (secondary N) is 1. The lowest BCUT2D eigenvalue weighted by Crippen LogP contribution is -2.41. The standard InChI is InChI=1S/C13H28N2O3S/c1-13(2,3)8-5-6-9-15-12(16)11(14)7-10-19(4,17)18/h11H,5-10,14H2,1-4H3,(H,15,16). The van der Waals surface area contributed by atoms with Gasteiger partial charge in [-0.25, -0.2) is 8.42 Å². The van der Waals surface area contributed by atoms with Crippen molar-refractivity contribution < 1.29 is 13.2 Å². The number of hydrogen-bond acceptors (Lipinski definition) is 4. The quantitative estimate of drug-likeness (QED) is 0.655. The second-order valence-electron chi connectivity index (χ2n) is 6.33. The van der Waals surface area contributed by atoms with Crippen LogP contribution >= 0.6 is 0 Å². The summed E-state index contributed by atoms with van der Waals surface area (Å²) in [7, 11) is -3.06. The van der Waals surface area contributed by atoms with Crippen LogP contribution in [-0.2, 0) is 14.6 Å². The molecule has 0 rings (SSSR count). The summed E-state index contributed by atoms with van der Waals surface area (Å²) in [6.45, 7) is 7.16. The number of rotatable bonds is 8. The molecular weight excluding hydrogens is 264 g/mol. The van der Waals surface area contributed by atoms with Crippen molar-refractivity contribution in [1.82, 2.24) is 5.32 Å². The normalized spacial score (nSPS) is 14.2. The van der Waals surface area contributed by atoms with Crippen LogP contribution in [0.5, 0.6) is 0 Å². The number of sulfone groups is 1. The molecule has 0 aromatic rings. The molecule has 0 spiro atoms. The first kappa shape index (κ1) is 18.4. The van der Waals surface area contributed by atoms with Crippen LogP contribution in [0.4, 0.5) is 0 Å². The fraction of sp³-hybridized carbons (Fsp3) is 0.923. The van der Waals surface area contributed by atoms with Crippen molar-refractivity contribution in [2.75, 3.05) is 18.6 Å². The summed E-state index contributed by atoms with van der Waals surface area (Å²) >= 11 is 0. The average Bonchev–Trinajstić information content (AvgIpc) is 2.22. The molecule has 0 radical (unpaired) electrons. The number of carbonyl (C=O) groups is 1. The van der Waals surface area contributed by atoms with E-state index in [1.807, 2.05) is 0 Å². The van der Waals surface area contributed by atoms with Crippen LogP contribution in [-0.4, -0.2) is 38.9 Å². The highest BCUT2D eigenvalue weighted by Gasteiger charge is 2.15. The summed E-state index contributed by atoms with van der Waals surface area (Å²) in [6.07, 6.45) is 4.41. The van der Waals surface area contributed by atoms with Crippen LogP contribution in [0.15, 0.2) is 0 Å². The zero-order chi connectivity index (χ0) is 15.1. The SMILES string of the molecule is CC(C)(C)CCCCNC(=O)C(N)CCS(C)(=O)=O. The van der Waals surface area contributed by atoms with E-state index in [1.54, 1.807) is 0 Å². The molecule has 19 heavy (non-hydrogen) atoms. The van der Waals surface area contributed by atoms with E-state index < -0.39 is 15.9 Å². The molecule has 6 heteroatoms. The van der Waals surface area contributed by atoms with Crippen molar-refractivity contribution in [2.24, 2.45) is 11.1 Å². The van der Waals surface area contributed by atoms with Crippen molar-refractivity contribution in [1.29, 1.82) is 0 Å². The summed E-state index contributed by atoms with van der Waals surface area (Å²) in [5.74, 6) is -0.314. The largest absolute Gasteiger partial charge is 0.355 e. The first-order valence-corrected chi connectivity index (χ1v) is 8.78. The first-order valence-electron chi connectivity index (χ1n) is 6.72. The van der Waals surface area contributed by atoms with E-state index in [2.05, 4.69) is 26.1 Å². The number of unbranched alkanes of at least 4 members (excludes halogenated alkanes) is 1. The van der Waals surface area contributed by atoms with Gasteiger partial charge in [0.1, 0.15) is 9.84 Å². The molecular formula is C13H28N2O3S. The third kappa shape index (κ3) is 12.2. The lowest BCUT2D eigenvalue weighted by molar-refractivity contribution is -0.122. The van der Waals surface area contributed by atoms with Crippen LogP contribution in [0, 0.1) is 5.41 Å². The summed E-state index contributed by atoms with van der Waals surface area (Å²) in [6, 6.07) is -0.739. The average molecular weight is 292 g/mol. The Balaban J connectivity index is 3.74. The minimum Gasteiger partial charge on any atom is -0.355 e. The van der Waals surface area contributed by atoms with E-state index in [9.17, 15) is 13.2 Å². The van der Waals surface area contributed by atoms with Crippen LogP contribution in [0.3, 0.4) is 0 Å². The van der Waals surface area contributed by atoms with Gasteiger partial charge in [0.15, 0.2) is 0 Å². The Labute approximate surface area is 117 Å². The van der Waals surface area contributed by atoms with Gasteiger partial charge in [-0.1, -0.05) is 27.2 Å². The van der Waals surface area contributed by atoms with Gasteiger partial charge in [-0.15, -0.1) is 0 Å². The second-order valence-corrected chi connectivity index (χ2v) is 8.59. The highest BCUT2D eigenvalue weighted by molar-refractivity contribution is 7.90. The molecule has 0 aliphatic heterocycles. The molecule has 1 amide bonds. The number of hydrogen-bond donors (Lipinski definition) is 2. The van der Waals surface area contributed by atoms with Gasteiger partial charge < -0.3 is 11.1 Å². The van der Waals surface area contributed by atoms with Crippen molar-refractivity contribution in [3.05, 3.63) is 0 Å². The fourth-order valence-corrected chi connectivity index (χ4v) is 2.28. The van der Waals surface area contributed by atoms with Gasteiger partial charge in [0, 0.05) is 12.8 Å². The Bertz CT molecular complexity index is 372. The van der Waals surface area contributed by atoms with Crippen LogP contribution in [0.25, 0.3) is 0 Å². The van der Waals surface area contributed by atoms with E-state index in [0.29, 0.717) is 12.0 Å². The maximum absolute atomic E-state index is 11.6. The molecule has 1 atom stereocenters. The van der Waals surface area contributed by atoms with E-state index in [1.165, 1.54) is 0 Å². The minimum atomic E-state index is -3.06. The van der Waals surface area contributed by atoms with Crippen LogP contribution in [0.1, 0.15) is 46.5 Å². The Morgan fingerprint density at radius 1 is 1.26 bits per heavy atom. The summed E-state index contributed by atoms with van der Waals surface area (Å²) < 4.78 is 21.9. The van der Waals surface area contributed by atoms with E-state index in [4.69, 9.17) is 5.73 Å². The van der Waals surface area contributed by atoms with Crippen molar-refractivity contribution >= 4 is 15.7 Å². The maximum Gasteiger partial charge on any atom is 0.236 e. The number of amides is 1. The van der Waals surface area contributed by atoms with Gasteiger partial charge in [-0.2, -0.15) is 0 Å². The highest BCUT2D eigenvalue weighted by atomic mass is 32.2. The molecule has 0 bridgehead atoms. The van der Waals surface area contributed by atoms with Crippen LogP contribution < -0.4 is 11.1 Å². The Morgan fingerprint density at radius 3 is 2.32 bits per heavy atom. The van der Waals surface area contributed by atoms with Gasteiger partial charge in [0.2, 0.25) is 5.91 Å². The Morgan fingerprint density at radius 2 is 1.84 bits per heavy atom. The van der Waals surface area contributed by atoms with Gasteiger partial charge >= 0.3 is 0 Å². The van der Waals surface area contributed by atoms with Gasteiger partial charge in [-0.05, 0) is 24.7 Å². The van der Waals surface area contributed by atoms with E-state index in [0.717, 1.165) is 25.5 Å². The van der Waals surface area contributed by atoms with Crippen molar-refractivity contribution in [2.45, 2.75) is 52.5 Å². The topological polar surface area (TPSA) is 89.3 Å².